The number of hydrogen-bond donors (Lipinski definition) is 1. The van der Waals surface area contributed by atoms with Crippen LogP contribution in [0.4, 0.5) is 13.2 Å². The molecule has 0 bridgehead atoms. The maximum atomic E-state index is 12.7. The molecular weight excluding hydrogens is 443 g/mol. The fourth-order valence-corrected chi connectivity index (χ4v) is 2.69. The van der Waals surface area contributed by atoms with E-state index in [2.05, 4.69) is 20.4 Å². The molecule has 176 valence electrons. The first-order chi connectivity index (χ1) is 15.7. The predicted octanol–water partition coefficient (Wildman–Crippen LogP) is 3.29. The number of imide groups is 1. The molecule has 2 aromatic rings. The van der Waals surface area contributed by atoms with Crippen molar-refractivity contribution in [3.8, 4) is 0 Å². The van der Waals surface area contributed by atoms with Crippen molar-refractivity contribution < 1.29 is 37.2 Å². The van der Waals surface area contributed by atoms with Gasteiger partial charge in [-0.05, 0) is 24.6 Å². The number of hydrogen-bond acceptors (Lipinski definition) is 7. The predicted molar refractivity (Wildman–Crippen MR) is 113 cm³/mol. The summed E-state index contributed by atoms with van der Waals surface area (Å²) in [5.74, 6) is -1.45. The third-order valence-corrected chi connectivity index (χ3v) is 4.25. The summed E-state index contributed by atoms with van der Waals surface area (Å²) in [6.07, 6.45) is -4.42. The molecule has 0 aromatic heterocycles. The molecule has 0 aliphatic carbocycles. The Balaban J connectivity index is 2.17. The van der Waals surface area contributed by atoms with Gasteiger partial charge in [-0.1, -0.05) is 46.7 Å². The number of alkyl halides is 3. The van der Waals surface area contributed by atoms with E-state index in [1.165, 1.54) is 26.4 Å². The highest BCUT2D eigenvalue weighted by Crippen LogP contribution is 2.29. The second-order valence-corrected chi connectivity index (χ2v) is 6.62. The highest BCUT2D eigenvalue weighted by atomic mass is 19.4. The molecule has 0 fully saturated rings. The Labute approximate surface area is 188 Å². The van der Waals surface area contributed by atoms with Crippen LogP contribution in [0.3, 0.4) is 0 Å². The Morgan fingerprint density at radius 1 is 1.00 bits per heavy atom. The van der Waals surface area contributed by atoms with Gasteiger partial charge in [0, 0.05) is 18.2 Å². The Bertz CT molecular complexity index is 1030. The number of carbonyl (C=O) groups excluding carboxylic acids is 2. The largest absolute Gasteiger partial charge is 0.416 e. The number of methoxy groups -OCH3 is 1. The van der Waals surface area contributed by atoms with E-state index in [4.69, 9.17) is 9.68 Å². The van der Waals surface area contributed by atoms with Gasteiger partial charge in [-0.15, -0.1) is 0 Å². The lowest BCUT2D eigenvalue weighted by molar-refractivity contribution is -0.137. The van der Waals surface area contributed by atoms with Gasteiger partial charge in [0.25, 0.3) is 11.8 Å². The summed E-state index contributed by atoms with van der Waals surface area (Å²) in [5.41, 5.74) is 0.727. The molecule has 8 nitrogen and oxygen atoms in total. The molecular formula is C22H22F3N3O5. The van der Waals surface area contributed by atoms with E-state index in [0.29, 0.717) is 22.4 Å². The zero-order valence-electron chi connectivity index (χ0n) is 18.1. The van der Waals surface area contributed by atoms with Crippen LogP contribution in [0.1, 0.15) is 29.2 Å². The van der Waals surface area contributed by atoms with Crippen LogP contribution in [-0.2, 0) is 36.8 Å². The number of oxime groups is 2. The molecule has 0 atom stereocenters. The van der Waals surface area contributed by atoms with Crippen LogP contribution in [-0.4, -0.2) is 44.1 Å². The molecule has 11 heteroatoms. The molecule has 33 heavy (non-hydrogen) atoms. The van der Waals surface area contributed by atoms with E-state index in [-0.39, 0.29) is 18.9 Å². The zero-order chi connectivity index (χ0) is 24.4. The number of halogens is 3. The molecule has 0 heterocycles. The minimum Gasteiger partial charge on any atom is -0.398 e. The molecule has 2 aromatic carbocycles. The molecule has 2 amide bonds. The standard InChI is InChI=1S/C22H22F3N3O5/c1-14(15-8-10-17(11-9-15)22(23,24)25)27-33-12-16-6-4-5-7-18(16)20(28-32-3)21(30)26-19(29)13-31-2/h4-11H,12-13H2,1-3H3,(H,26,29,30)/b27-14+,28-20+. The lowest BCUT2D eigenvalue weighted by Gasteiger charge is -2.11. The number of carbonyl (C=O) groups is 2. The van der Waals surface area contributed by atoms with Gasteiger partial charge in [0.2, 0.25) is 0 Å². The number of nitrogens with zero attached hydrogens (tertiary/aromatic N) is 2. The van der Waals surface area contributed by atoms with Gasteiger partial charge in [-0.3, -0.25) is 14.9 Å². The fourth-order valence-electron chi connectivity index (χ4n) is 2.69. The number of rotatable bonds is 9. The van der Waals surface area contributed by atoms with Crippen molar-refractivity contribution in [3.63, 3.8) is 0 Å². The first kappa shape index (κ1) is 25.5. The maximum absolute atomic E-state index is 12.7. The van der Waals surface area contributed by atoms with Crippen LogP contribution < -0.4 is 5.32 Å². The van der Waals surface area contributed by atoms with Crippen LogP contribution in [0, 0.1) is 0 Å². The topological polar surface area (TPSA) is 98.6 Å². The van der Waals surface area contributed by atoms with Gasteiger partial charge in [-0.25, -0.2) is 0 Å². The van der Waals surface area contributed by atoms with Gasteiger partial charge < -0.3 is 14.4 Å². The van der Waals surface area contributed by atoms with Gasteiger partial charge in [0.15, 0.2) is 5.71 Å². The minimum absolute atomic E-state index is 0.0871. The van der Waals surface area contributed by atoms with E-state index < -0.39 is 23.6 Å². The summed E-state index contributed by atoms with van der Waals surface area (Å²) < 4.78 is 42.8. The SMILES string of the molecule is COCC(=O)NC(=O)/C(=N/OC)c1ccccc1CO/N=C(\C)c1ccc(C(F)(F)F)cc1. The van der Waals surface area contributed by atoms with Gasteiger partial charge in [0.1, 0.15) is 20.3 Å². The molecule has 0 radical (unpaired) electrons. The molecule has 0 unspecified atom stereocenters. The quantitative estimate of drug-likeness (QED) is 0.453. The lowest BCUT2D eigenvalue weighted by atomic mass is 10.0. The molecule has 0 saturated heterocycles. The molecule has 0 aliphatic rings. The average molecular weight is 465 g/mol. The summed E-state index contributed by atoms with van der Waals surface area (Å²) in [6, 6.07) is 11.1. The van der Waals surface area contributed by atoms with Crippen LogP contribution in [0.2, 0.25) is 0 Å². The van der Waals surface area contributed by atoms with Gasteiger partial charge in [0.05, 0.1) is 11.3 Å². The van der Waals surface area contributed by atoms with Gasteiger partial charge >= 0.3 is 6.18 Å². The number of benzene rings is 2. The fraction of sp³-hybridized carbons (Fsp3) is 0.273. The van der Waals surface area contributed by atoms with E-state index in [1.54, 1.807) is 31.2 Å². The van der Waals surface area contributed by atoms with Crippen molar-refractivity contribution in [1.82, 2.24) is 5.32 Å². The maximum Gasteiger partial charge on any atom is 0.416 e. The summed E-state index contributed by atoms with van der Waals surface area (Å²) in [7, 11) is 2.56. The van der Waals surface area contributed by atoms with Crippen molar-refractivity contribution in [1.29, 1.82) is 0 Å². The number of ether oxygens (including phenoxy) is 1. The second kappa shape index (κ2) is 11.8. The molecule has 0 spiro atoms. The van der Waals surface area contributed by atoms with Crippen molar-refractivity contribution in [3.05, 3.63) is 70.8 Å². The second-order valence-electron chi connectivity index (χ2n) is 6.62. The molecule has 0 aliphatic heterocycles. The Morgan fingerprint density at radius 2 is 1.67 bits per heavy atom. The van der Waals surface area contributed by atoms with Crippen LogP contribution in [0.15, 0.2) is 58.8 Å². The Morgan fingerprint density at radius 3 is 2.27 bits per heavy atom. The monoisotopic (exact) mass is 465 g/mol. The summed E-state index contributed by atoms with van der Waals surface area (Å²) in [4.78, 5) is 34.3. The van der Waals surface area contributed by atoms with E-state index in [1.807, 2.05) is 0 Å². The summed E-state index contributed by atoms with van der Waals surface area (Å²) >= 11 is 0. The Hall–Kier alpha value is -3.73. The van der Waals surface area contributed by atoms with E-state index in [0.717, 1.165) is 12.1 Å². The van der Waals surface area contributed by atoms with Crippen LogP contribution in [0.5, 0.6) is 0 Å². The highest BCUT2D eigenvalue weighted by molar-refractivity contribution is 6.47. The summed E-state index contributed by atoms with van der Waals surface area (Å²) in [5, 5.41) is 9.79. The Kier molecular flexibility index (Phi) is 9.10. The lowest BCUT2D eigenvalue weighted by Crippen LogP contribution is -2.38. The van der Waals surface area contributed by atoms with Gasteiger partial charge in [-0.2, -0.15) is 13.2 Å². The number of amides is 2. The normalized spacial score (nSPS) is 12.3. The average Bonchev–Trinajstić information content (AvgIpc) is 2.77. The third kappa shape index (κ3) is 7.42. The molecule has 0 saturated carbocycles. The van der Waals surface area contributed by atoms with Crippen molar-refractivity contribution in [2.24, 2.45) is 10.3 Å². The van der Waals surface area contributed by atoms with Crippen molar-refractivity contribution in [2.75, 3.05) is 20.8 Å². The van der Waals surface area contributed by atoms with E-state index >= 15 is 0 Å². The van der Waals surface area contributed by atoms with E-state index in [9.17, 15) is 22.8 Å². The first-order valence-electron chi connectivity index (χ1n) is 9.54. The van der Waals surface area contributed by atoms with Crippen molar-refractivity contribution in [2.45, 2.75) is 19.7 Å². The summed E-state index contributed by atoms with van der Waals surface area (Å²) in [6.45, 7) is 1.19. The number of nitrogens with one attached hydrogen (secondary N) is 1. The highest BCUT2D eigenvalue weighted by Gasteiger charge is 2.30. The molecule has 1 N–H and O–H groups in total. The van der Waals surface area contributed by atoms with Crippen LogP contribution in [0.25, 0.3) is 0 Å². The molecule has 2 rings (SSSR count). The van der Waals surface area contributed by atoms with Crippen LogP contribution >= 0.6 is 0 Å². The third-order valence-electron chi connectivity index (χ3n) is 4.25. The first-order valence-corrected chi connectivity index (χ1v) is 9.54. The minimum atomic E-state index is -4.42. The van der Waals surface area contributed by atoms with Crippen molar-refractivity contribution >= 4 is 23.2 Å². The zero-order valence-corrected chi connectivity index (χ0v) is 18.1. The smallest absolute Gasteiger partial charge is 0.398 e.